The number of allylic oxidation sites excluding steroid dienone is 2. The fourth-order valence-electron chi connectivity index (χ4n) is 4.17. The molecule has 0 saturated heterocycles. The van der Waals surface area contributed by atoms with Crippen molar-refractivity contribution in [2.24, 2.45) is 17.3 Å². The highest BCUT2D eigenvalue weighted by atomic mass is 32.1. The van der Waals surface area contributed by atoms with Crippen molar-refractivity contribution < 1.29 is 4.79 Å². The Morgan fingerprint density at radius 2 is 2.29 bits per heavy atom. The summed E-state index contributed by atoms with van der Waals surface area (Å²) < 4.78 is 0. The van der Waals surface area contributed by atoms with Crippen molar-refractivity contribution in [2.45, 2.75) is 26.7 Å². The van der Waals surface area contributed by atoms with Gasteiger partial charge in [-0.05, 0) is 42.6 Å². The summed E-state index contributed by atoms with van der Waals surface area (Å²) in [7, 11) is 5.28. The number of hydrogen-bond acceptors (Lipinski definition) is 5. The average Bonchev–Trinajstić information content (AvgIpc) is 3.26. The van der Waals surface area contributed by atoms with E-state index in [0.717, 1.165) is 34.1 Å². The van der Waals surface area contributed by atoms with Gasteiger partial charge in [-0.15, -0.1) is 11.3 Å². The largest absolute Gasteiger partial charge is 0.404 e. The first kappa shape index (κ1) is 15.6. The number of aryl methyl sites for hydroxylation is 1. The number of carbonyl (C=O) groups excluding carboxylic acids is 1. The monoisotopic (exact) mass is 338 g/mol. The van der Waals surface area contributed by atoms with Gasteiger partial charge in [0.25, 0.3) is 0 Å². The average molecular weight is 338 g/mol. The van der Waals surface area contributed by atoms with Crippen LogP contribution in [0.2, 0.25) is 0 Å². The fourth-order valence-corrected chi connectivity index (χ4v) is 5.22. The summed E-state index contributed by atoms with van der Waals surface area (Å²) in [6.45, 7) is 5.14. The van der Waals surface area contributed by atoms with E-state index in [1.165, 1.54) is 24.2 Å². The normalized spacial score (nSPS) is 27.8. The summed E-state index contributed by atoms with van der Waals surface area (Å²) in [5.41, 5.74) is 1.14. The van der Waals surface area contributed by atoms with E-state index in [9.17, 15) is 4.79 Å². The van der Waals surface area contributed by atoms with Crippen molar-refractivity contribution in [3.8, 4) is 0 Å². The molecule has 2 N–H and O–H groups in total. The number of nitrogens with zero attached hydrogens (tertiary/aromatic N) is 2. The minimum atomic E-state index is -0.286. The third-order valence-corrected chi connectivity index (χ3v) is 6.72. The Balaban J connectivity index is 1.64. The van der Waals surface area contributed by atoms with E-state index in [0.29, 0.717) is 10.8 Å². The van der Waals surface area contributed by atoms with Crippen LogP contribution in [-0.4, -0.2) is 30.4 Å². The Labute approximate surface area is 146 Å². The van der Waals surface area contributed by atoms with E-state index >= 15 is 0 Å². The topological polar surface area (TPSA) is 66.9 Å². The van der Waals surface area contributed by atoms with E-state index in [2.05, 4.69) is 39.6 Å². The maximum absolute atomic E-state index is 11.9. The molecular formula is C17H19BN4OS. The lowest BCUT2D eigenvalue weighted by molar-refractivity contribution is 0.0985. The van der Waals surface area contributed by atoms with Gasteiger partial charge in [0.05, 0.1) is 10.3 Å². The number of hydrogen-bond donors (Lipinski definition) is 2. The number of rotatable bonds is 4. The van der Waals surface area contributed by atoms with Crippen LogP contribution in [0.15, 0.2) is 18.5 Å². The first-order valence-corrected chi connectivity index (χ1v) is 9.01. The van der Waals surface area contributed by atoms with Gasteiger partial charge >= 0.3 is 0 Å². The lowest BCUT2D eigenvalue weighted by Gasteiger charge is -2.31. The molecule has 0 spiro atoms. The molecule has 1 amide bonds. The van der Waals surface area contributed by atoms with E-state index in [4.69, 9.17) is 7.98 Å². The second-order valence-electron chi connectivity index (χ2n) is 7.13. The summed E-state index contributed by atoms with van der Waals surface area (Å²) in [5, 5.41) is 6.64. The van der Waals surface area contributed by atoms with Crippen LogP contribution in [0.3, 0.4) is 0 Å². The number of aromatic nitrogens is 2. The molecule has 5 nitrogen and oxygen atoms in total. The van der Waals surface area contributed by atoms with Crippen molar-refractivity contribution in [3.05, 3.63) is 28.9 Å². The third-order valence-electron chi connectivity index (χ3n) is 5.52. The van der Waals surface area contributed by atoms with Crippen LogP contribution in [0.4, 0.5) is 5.82 Å². The number of thiophene rings is 1. The molecule has 0 aromatic carbocycles. The minimum absolute atomic E-state index is 0.262. The molecule has 122 valence electrons. The second-order valence-corrected chi connectivity index (χ2v) is 8.13. The van der Waals surface area contributed by atoms with Gasteiger partial charge in [-0.2, -0.15) is 0 Å². The Bertz CT molecular complexity index is 848. The maximum Gasteiger partial charge on any atom is 0.248 e. The molecule has 3 atom stereocenters. The number of nitrogens with one attached hydrogen (secondary N) is 2. The van der Waals surface area contributed by atoms with E-state index < -0.39 is 0 Å². The maximum atomic E-state index is 11.9. The minimum Gasteiger partial charge on any atom is -0.404 e. The molecule has 24 heavy (non-hydrogen) atoms. The number of carbonyl (C=O) groups is 1. The van der Waals surface area contributed by atoms with Crippen molar-refractivity contribution >= 4 is 41.3 Å². The zero-order valence-electron chi connectivity index (χ0n) is 13.8. The number of anilines is 1. The molecule has 7 heteroatoms. The smallest absolute Gasteiger partial charge is 0.248 e. The van der Waals surface area contributed by atoms with Crippen LogP contribution in [0.5, 0.6) is 0 Å². The van der Waals surface area contributed by atoms with Gasteiger partial charge in [-0.25, -0.2) is 9.97 Å². The highest BCUT2D eigenvalue weighted by Crippen LogP contribution is 2.51. The number of fused-ring (bicyclic) bond motifs is 3. The number of amides is 1. The molecule has 3 unspecified atom stereocenters. The lowest BCUT2D eigenvalue weighted by Crippen LogP contribution is -2.30. The predicted octanol–water partition coefficient (Wildman–Crippen LogP) is 2.83. The molecule has 2 bridgehead atoms. The molecule has 4 rings (SSSR count). The molecule has 1 fully saturated rings. The molecule has 2 aromatic heterocycles. The zero-order chi connectivity index (χ0) is 16.9. The molecule has 0 aliphatic heterocycles. The Morgan fingerprint density at radius 3 is 2.96 bits per heavy atom. The Hall–Kier alpha value is -1.89. The third kappa shape index (κ3) is 2.33. The summed E-state index contributed by atoms with van der Waals surface area (Å²) in [6, 6.07) is 0. The molecule has 2 aliphatic carbocycles. The Morgan fingerprint density at radius 1 is 1.46 bits per heavy atom. The molecule has 2 heterocycles. The summed E-state index contributed by atoms with van der Waals surface area (Å²) in [6.07, 6.45) is 8.77. The van der Waals surface area contributed by atoms with Crippen LogP contribution >= 0.6 is 11.3 Å². The van der Waals surface area contributed by atoms with Gasteiger partial charge in [0.1, 0.15) is 17.0 Å². The molecule has 2 aromatic rings. The fraction of sp³-hybridized carbons (Fsp3) is 0.471. The van der Waals surface area contributed by atoms with Crippen molar-refractivity contribution in [1.82, 2.24) is 15.2 Å². The predicted molar refractivity (Wildman–Crippen MR) is 97.3 cm³/mol. The highest BCUT2D eigenvalue weighted by Gasteiger charge is 2.44. The van der Waals surface area contributed by atoms with Crippen LogP contribution in [0, 0.1) is 24.2 Å². The lowest BCUT2D eigenvalue weighted by atomic mass is 9.77. The quantitative estimate of drug-likeness (QED) is 0.665. The first-order chi connectivity index (χ1) is 11.5. The van der Waals surface area contributed by atoms with Crippen LogP contribution in [0.25, 0.3) is 10.2 Å². The van der Waals surface area contributed by atoms with Gasteiger partial charge in [-0.3, -0.25) is 4.79 Å². The highest BCUT2D eigenvalue weighted by molar-refractivity contribution is 7.20. The molecule has 2 radical (unpaired) electrons. The van der Waals surface area contributed by atoms with E-state index in [1.807, 2.05) is 6.92 Å². The van der Waals surface area contributed by atoms with Crippen LogP contribution in [0.1, 0.15) is 35.0 Å². The first-order valence-electron chi connectivity index (χ1n) is 8.19. The molecule has 1 saturated carbocycles. The van der Waals surface area contributed by atoms with Crippen LogP contribution < -0.4 is 10.5 Å². The SMILES string of the molecule is [B]NC(=O)c1sc2ncnc(NCC3(C)CC4C=CC3C4)c2c1C. The van der Waals surface area contributed by atoms with Crippen molar-refractivity contribution in [1.29, 1.82) is 0 Å². The summed E-state index contributed by atoms with van der Waals surface area (Å²) in [4.78, 5) is 22.0. The van der Waals surface area contributed by atoms with E-state index in [-0.39, 0.29) is 11.3 Å². The molecular weight excluding hydrogens is 319 g/mol. The van der Waals surface area contributed by atoms with Gasteiger partial charge in [0, 0.05) is 6.54 Å². The van der Waals surface area contributed by atoms with Crippen molar-refractivity contribution in [2.75, 3.05) is 11.9 Å². The van der Waals surface area contributed by atoms with Crippen molar-refractivity contribution in [3.63, 3.8) is 0 Å². The summed E-state index contributed by atoms with van der Waals surface area (Å²) in [5.74, 6) is 1.90. The second kappa shape index (κ2) is 5.58. The van der Waals surface area contributed by atoms with E-state index in [1.54, 1.807) is 6.33 Å². The van der Waals surface area contributed by atoms with Crippen LogP contribution in [-0.2, 0) is 0 Å². The zero-order valence-corrected chi connectivity index (χ0v) is 14.6. The van der Waals surface area contributed by atoms with Gasteiger partial charge < -0.3 is 10.5 Å². The standard InChI is InChI=1S/C17H19BN4OS/c1-9-12-14(19-7-17(2)6-10-3-4-11(17)5-10)20-8-21-16(12)24-13(9)15(23)22-18/h3-4,8,10-11H,5-7H2,1-2H3,(H,22,23)(H,19,20,21). The Kier molecular flexibility index (Phi) is 3.64. The van der Waals surface area contributed by atoms with Gasteiger partial charge in [0.2, 0.25) is 13.9 Å². The molecule has 2 aliphatic rings. The van der Waals surface area contributed by atoms with Gasteiger partial charge in [0.15, 0.2) is 0 Å². The summed E-state index contributed by atoms with van der Waals surface area (Å²) >= 11 is 1.35. The van der Waals surface area contributed by atoms with Gasteiger partial charge in [-0.1, -0.05) is 19.1 Å².